The maximum absolute atomic E-state index is 13.8. The minimum Gasteiger partial charge on any atom is -0.494 e. The molecule has 11 nitrogen and oxygen atoms in total. The summed E-state index contributed by atoms with van der Waals surface area (Å²) >= 11 is 11.9. The van der Waals surface area contributed by atoms with E-state index in [9.17, 15) is 14.4 Å². The van der Waals surface area contributed by atoms with Crippen molar-refractivity contribution in [2.24, 2.45) is 0 Å². The molecule has 2 aliphatic rings. The standard InChI is InChI=1S/C51H77Cl2NO10/c1-4-5-6-7-8-9-10-13-18-23-43(62-47(56)24-19-14-11-16-21-34-58-41-30-26-39(52)27-31-41)36-46(55)54-44-37-60-45-38-61-51(2,3)64-50(45)49(44)63-48(57)25-20-15-12-17-22-35-59-42-32-28-40(53)29-33-42/h26-33,43-45,49-50H,4-25,34-38H2,1-3H3,(H,54,55)/t43?,44-,45+,49+,50+/m0/s1. The van der Waals surface area contributed by atoms with Gasteiger partial charge in [0.15, 0.2) is 11.9 Å². The molecule has 5 atom stereocenters. The molecule has 360 valence electrons. The van der Waals surface area contributed by atoms with Gasteiger partial charge in [0.2, 0.25) is 5.91 Å². The van der Waals surface area contributed by atoms with E-state index in [4.69, 9.17) is 56.4 Å². The molecule has 0 aromatic heterocycles. The summed E-state index contributed by atoms with van der Waals surface area (Å²) in [6.45, 7) is 7.53. The van der Waals surface area contributed by atoms with Crippen molar-refractivity contribution in [2.45, 2.75) is 205 Å². The number of nitrogens with one attached hydrogen (secondary N) is 1. The normalized spacial score (nSPS) is 19.6. The van der Waals surface area contributed by atoms with E-state index >= 15 is 0 Å². The van der Waals surface area contributed by atoms with Crippen LogP contribution in [-0.2, 0) is 38.1 Å². The molecule has 2 aliphatic heterocycles. The molecule has 0 radical (unpaired) electrons. The number of unbranched alkanes of at least 4 members (excludes halogenated alkanes) is 16. The van der Waals surface area contributed by atoms with Crippen molar-refractivity contribution in [2.75, 3.05) is 26.4 Å². The molecule has 0 bridgehead atoms. The number of carbonyl (C=O) groups excluding carboxylic acids is 3. The van der Waals surface area contributed by atoms with E-state index < -0.39 is 36.2 Å². The lowest BCUT2D eigenvalue weighted by molar-refractivity contribution is -0.339. The van der Waals surface area contributed by atoms with E-state index in [-0.39, 0.29) is 43.9 Å². The molecule has 1 amide bonds. The van der Waals surface area contributed by atoms with Gasteiger partial charge in [-0.05, 0) is 101 Å². The summed E-state index contributed by atoms with van der Waals surface area (Å²) in [5, 5.41) is 4.45. The Labute approximate surface area is 393 Å². The van der Waals surface area contributed by atoms with Crippen molar-refractivity contribution >= 4 is 41.0 Å². The van der Waals surface area contributed by atoms with Crippen LogP contribution in [0.1, 0.15) is 168 Å². The van der Waals surface area contributed by atoms with E-state index in [1.54, 1.807) is 0 Å². The average molecular weight is 935 g/mol. The summed E-state index contributed by atoms with van der Waals surface area (Å²) in [5.74, 6) is -0.213. The second kappa shape index (κ2) is 31.0. The average Bonchev–Trinajstić information content (AvgIpc) is 3.26. The van der Waals surface area contributed by atoms with Gasteiger partial charge >= 0.3 is 11.9 Å². The van der Waals surface area contributed by atoms with Crippen LogP contribution in [0.5, 0.6) is 11.5 Å². The molecule has 1 unspecified atom stereocenters. The first-order valence-electron chi connectivity index (χ1n) is 24.4. The lowest BCUT2D eigenvalue weighted by atomic mass is 9.95. The quantitative estimate of drug-likeness (QED) is 0.0546. The van der Waals surface area contributed by atoms with Crippen molar-refractivity contribution in [1.29, 1.82) is 0 Å². The molecule has 0 aliphatic carbocycles. The molecule has 13 heteroatoms. The Morgan fingerprint density at radius 2 is 1.17 bits per heavy atom. The number of benzene rings is 2. The Morgan fingerprint density at radius 3 is 1.73 bits per heavy atom. The van der Waals surface area contributed by atoms with Gasteiger partial charge < -0.3 is 38.5 Å². The van der Waals surface area contributed by atoms with Gasteiger partial charge in [-0.1, -0.05) is 120 Å². The highest BCUT2D eigenvalue weighted by Gasteiger charge is 2.50. The summed E-state index contributed by atoms with van der Waals surface area (Å²) < 4.78 is 42.0. The van der Waals surface area contributed by atoms with Crippen LogP contribution in [0.2, 0.25) is 10.0 Å². The van der Waals surface area contributed by atoms with E-state index in [2.05, 4.69) is 12.2 Å². The predicted octanol–water partition coefficient (Wildman–Crippen LogP) is 12.3. The number of hydrogen-bond donors (Lipinski definition) is 1. The molecule has 4 rings (SSSR count). The van der Waals surface area contributed by atoms with Crippen LogP contribution in [0.3, 0.4) is 0 Å². The molecule has 2 saturated heterocycles. The molecule has 2 aromatic carbocycles. The van der Waals surface area contributed by atoms with Crippen molar-refractivity contribution in [1.82, 2.24) is 5.32 Å². The van der Waals surface area contributed by atoms with Gasteiger partial charge in [0, 0.05) is 22.9 Å². The third-order valence-electron chi connectivity index (χ3n) is 11.8. The lowest BCUT2D eigenvalue weighted by Gasteiger charge is -2.48. The van der Waals surface area contributed by atoms with Crippen LogP contribution in [0, 0.1) is 0 Å². The SMILES string of the molecule is CCCCCCCCCCCC(CC(=O)N[C@H]1CO[C@@H]2COC(C)(C)O[C@H]2[C@@H]1OC(=O)CCCCCCCOc1ccc(Cl)cc1)OC(=O)CCCCCCCOc1ccc(Cl)cc1. The maximum Gasteiger partial charge on any atom is 0.306 e. The number of ether oxygens (including phenoxy) is 7. The molecular weight excluding hydrogens is 857 g/mol. The summed E-state index contributed by atoms with van der Waals surface area (Å²) in [6, 6.07) is 14.1. The summed E-state index contributed by atoms with van der Waals surface area (Å²) in [6.07, 6.45) is 18.3. The van der Waals surface area contributed by atoms with Crippen molar-refractivity contribution in [3.8, 4) is 11.5 Å². The molecule has 0 spiro atoms. The summed E-state index contributed by atoms with van der Waals surface area (Å²) in [7, 11) is 0. The Morgan fingerprint density at radius 1 is 0.672 bits per heavy atom. The zero-order valence-electron chi connectivity index (χ0n) is 38.9. The number of esters is 2. The van der Waals surface area contributed by atoms with Crippen LogP contribution in [0.4, 0.5) is 0 Å². The highest BCUT2D eigenvalue weighted by molar-refractivity contribution is 6.30. The number of halogens is 2. The Hall–Kier alpha value is -3.09. The zero-order chi connectivity index (χ0) is 45.8. The van der Waals surface area contributed by atoms with Crippen molar-refractivity contribution in [3.63, 3.8) is 0 Å². The Balaban J connectivity index is 1.23. The van der Waals surface area contributed by atoms with Crippen LogP contribution in [0.25, 0.3) is 0 Å². The molecule has 1 N–H and O–H groups in total. The Kier molecular flexibility index (Phi) is 25.9. The van der Waals surface area contributed by atoms with E-state index in [1.807, 2.05) is 62.4 Å². The highest BCUT2D eigenvalue weighted by Crippen LogP contribution is 2.32. The minimum atomic E-state index is -0.917. The fourth-order valence-electron chi connectivity index (χ4n) is 8.12. The molecule has 0 saturated carbocycles. The Bertz CT molecular complexity index is 1590. The van der Waals surface area contributed by atoms with Crippen LogP contribution < -0.4 is 14.8 Å². The first-order valence-corrected chi connectivity index (χ1v) is 25.2. The topological polar surface area (TPSA) is 128 Å². The fourth-order valence-corrected chi connectivity index (χ4v) is 8.37. The second-order valence-corrected chi connectivity index (χ2v) is 18.7. The fraction of sp³-hybridized carbons (Fsp3) is 0.706. The predicted molar refractivity (Wildman–Crippen MR) is 252 cm³/mol. The van der Waals surface area contributed by atoms with E-state index in [0.717, 1.165) is 88.5 Å². The molecule has 2 heterocycles. The van der Waals surface area contributed by atoms with Gasteiger partial charge in [0.1, 0.15) is 29.8 Å². The number of hydrogen-bond acceptors (Lipinski definition) is 10. The molecular formula is C51H77Cl2NO10. The summed E-state index contributed by atoms with van der Waals surface area (Å²) in [4.78, 5) is 40.3. The lowest BCUT2D eigenvalue weighted by Crippen LogP contribution is -2.66. The van der Waals surface area contributed by atoms with Gasteiger partial charge in [-0.3, -0.25) is 14.4 Å². The molecule has 2 aromatic rings. The number of carbonyl (C=O) groups is 3. The van der Waals surface area contributed by atoms with Gasteiger partial charge in [0.05, 0.1) is 38.9 Å². The van der Waals surface area contributed by atoms with Crippen LogP contribution >= 0.6 is 23.2 Å². The molecule has 64 heavy (non-hydrogen) atoms. The highest BCUT2D eigenvalue weighted by atomic mass is 35.5. The first-order chi connectivity index (χ1) is 31.0. The van der Waals surface area contributed by atoms with E-state index in [1.165, 1.54) is 38.5 Å². The first kappa shape index (κ1) is 53.5. The maximum atomic E-state index is 13.8. The van der Waals surface area contributed by atoms with Gasteiger partial charge in [-0.2, -0.15) is 0 Å². The van der Waals surface area contributed by atoms with Crippen molar-refractivity contribution < 1.29 is 47.5 Å². The van der Waals surface area contributed by atoms with Gasteiger partial charge in [-0.25, -0.2) is 0 Å². The van der Waals surface area contributed by atoms with E-state index in [0.29, 0.717) is 42.5 Å². The zero-order valence-corrected chi connectivity index (χ0v) is 40.4. The summed E-state index contributed by atoms with van der Waals surface area (Å²) in [5.41, 5.74) is 0. The third-order valence-corrected chi connectivity index (χ3v) is 12.3. The van der Waals surface area contributed by atoms with Crippen LogP contribution in [-0.4, -0.2) is 80.5 Å². The second-order valence-electron chi connectivity index (χ2n) is 17.9. The molecule has 2 fully saturated rings. The van der Waals surface area contributed by atoms with Gasteiger partial charge in [0.25, 0.3) is 0 Å². The van der Waals surface area contributed by atoms with Gasteiger partial charge in [-0.15, -0.1) is 0 Å². The monoisotopic (exact) mass is 933 g/mol. The largest absolute Gasteiger partial charge is 0.494 e. The van der Waals surface area contributed by atoms with Crippen LogP contribution in [0.15, 0.2) is 48.5 Å². The third kappa shape index (κ3) is 22.4. The number of fused-ring (bicyclic) bond motifs is 1. The smallest absolute Gasteiger partial charge is 0.306 e. The minimum absolute atomic E-state index is 0.0157. The number of amides is 1. The van der Waals surface area contributed by atoms with Crippen molar-refractivity contribution in [3.05, 3.63) is 58.6 Å². The number of rotatable bonds is 33.